The minimum atomic E-state index is -0.461. The monoisotopic (exact) mass is 254 g/mol. The molecule has 0 unspecified atom stereocenters. The van der Waals surface area contributed by atoms with Crippen LogP contribution in [0.4, 0.5) is 0 Å². The lowest BCUT2D eigenvalue weighted by molar-refractivity contribution is 0.0591. The van der Waals surface area contributed by atoms with Crippen LogP contribution in [0, 0.1) is 0 Å². The third kappa shape index (κ3) is 2.51. The van der Waals surface area contributed by atoms with Crippen LogP contribution in [0.2, 0.25) is 0 Å². The van der Waals surface area contributed by atoms with Crippen molar-refractivity contribution in [3.8, 4) is 0 Å². The fraction of sp³-hybridized carbons (Fsp3) is 0.727. The largest absolute Gasteiger partial charge is 0.464 e. The van der Waals surface area contributed by atoms with Crippen LogP contribution >= 0.6 is 0 Å². The fourth-order valence-electron chi connectivity index (χ4n) is 2.16. The van der Waals surface area contributed by atoms with Crippen LogP contribution in [0.3, 0.4) is 0 Å². The van der Waals surface area contributed by atoms with Crippen molar-refractivity contribution in [3.63, 3.8) is 0 Å². The highest BCUT2D eigenvalue weighted by molar-refractivity contribution is 5.88. The van der Waals surface area contributed by atoms with E-state index < -0.39 is 5.97 Å². The predicted octanol–water partition coefficient (Wildman–Crippen LogP) is -0.0826. The van der Waals surface area contributed by atoms with E-state index in [-0.39, 0.29) is 11.7 Å². The van der Waals surface area contributed by atoms with Crippen LogP contribution in [-0.2, 0) is 15.9 Å². The number of hydrogen-bond acceptors (Lipinski definition) is 6. The van der Waals surface area contributed by atoms with Crippen molar-refractivity contribution in [1.29, 1.82) is 0 Å². The SMILES string of the molecule is COC(=O)c1nnn(C2CCOCC2)c1CCN. The Balaban J connectivity index is 2.28. The van der Waals surface area contributed by atoms with E-state index in [1.54, 1.807) is 0 Å². The highest BCUT2D eigenvalue weighted by Crippen LogP contribution is 2.23. The molecule has 1 saturated heterocycles. The van der Waals surface area contributed by atoms with E-state index in [9.17, 15) is 4.79 Å². The van der Waals surface area contributed by atoms with Gasteiger partial charge in [-0.05, 0) is 19.4 Å². The molecule has 1 aliphatic heterocycles. The maximum Gasteiger partial charge on any atom is 0.360 e. The first-order valence-corrected chi connectivity index (χ1v) is 6.08. The lowest BCUT2D eigenvalue weighted by Crippen LogP contribution is -2.23. The summed E-state index contributed by atoms with van der Waals surface area (Å²) in [6, 6.07) is 0.228. The number of nitrogens with zero attached hydrogens (tertiary/aromatic N) is 3. The molecule has 18 heavy (non-hydrogen) atoms. The molecule has 0 aromatic carbocycles. The summed E-state index contributed by atoms with van der Waals surface area (Å²) in [7, 11) is 1.34. The van der Waals surface area contributed by atoms with E-state index in [4.69, 9.17) is 15.2 Å². The summed E-state index contributed by atoms with van der Waals surface area (Å²) in [5.74, 6) is -0.461. The molecule has 2 rings (SSSR count). The zero-order valence-electron chi connectivity index (χ0n) is 10.5. The summed E-state index contributed by atoms with van der Waals surface area (Å²) < 4.78 is 11.8. The van der Waals surface area contributed by atoms with Crippen LogP contribution in [0.5, 0.6) is 0 Å². The summed E-state index contributed by atoms with van der Waals surface area (Å²) in [5, 5.41) is 8.00. The number of hydrogen-bond donors (Lipinski definition) is 1. The molecule has 1 aromatic rings. The van der Waals surface area contributed by atoms with Crippen LogP contribution in [-0.4, -0.2) is 47.8 Å². The van der Waals surface area contributed by atoms with Gasteiger partial charge in [0.1, 0.15) is 0 Å². The number of rotatable bonds is 4. The minimum absolute atomic E-state index is 0.228. The number of carbonyl (C=O) groups excluding carboxylic acids is 1. The van der Waals surface area contributed by atoms with Gasteiger partial charge in [0.2, 0.25) is 0 Å². The molecule has 2 heterocycles. The summed E-state index contributed by atoms with van der Waals surface area (Å²) in [5.41, 5.74) is 6.62. The topological polar surface area (TPSA) is 92.3 Å². The van der Waals surface area contributed by atoms with Crippen molar-refractivity contribution in [2.45, 2.75) is 25.3 Å². The number of aromatic nitrogens is 3. The van der Waals surface area contributed by atoms with E-state index in [0.29, 0.717) is 26.2 Å². The van der Waals surface area contributed by atoms with Gasteiger partial charge in [-0.25, -0.2) is 9.48 Å². The molecule has 0 atom stereocenters. The highest BCUT2D eigenvalue weighted by Gasteiger charge is 2.25. The zero-order valence-corrected chi connectivity index (χ0v) is 10.5. The summed E-state index contributed by atoms with van der Waals surface area (Å²) in [6.45, 7) is 1.86. The average Bonchev–Trinajstić information content (AvgIpc) is 2.83. The van der Waals surface area contributed by atoms with E-state index >= 15 is 0 Å². The molecule has 0 saturated carbocycles. The third-order valence-electron chi connectivity index (χ3n) is 3.09. The number of methoxy groups -OCH3 is 1. The van der Waals surface area contributed by atoms with Crippen molar-refractivity contribution >= 4 is 5.97 Å². The fourth-order valence-corrected chi connectivity index (χ4v) is 2.16. The molecule has 2 N–H and O–H groups in total. The van der Waals surface area contributed by atoms with Gasteiger partial charge in [-0.15, -0.1) is 5.10 Å². The standard InChI is InChI=1S/C11H18N4O3/c1-17-11(16)10-9(2-5-12)15(14-13-10)8-3-6-18-7-4-8/h8H,2-7,12H2,1H3. The Morgan fingerprint density at radius 3 is 2.89 bits per heavy atom. The molecule has 100 valence electrons. The Morgan fingerprint density at radius 2 is 2.28 bits per heavy atom. The Labute approximate surface area is 105 Å². The second-order valence-electron chi connectivity index (χ2n) is 4.20. The molecule has 0 bridgehead atoms. The van der Waals surface area contributed by atoms with Gasteiger partial charge in [-0.3, -0.25) is 0 Å². The van der Waals surface area contributed by atoms with Crippen LogP contribution in [0.25, 0.3) is 0 Å². The average molecular weight is 254 g/mol. The smallest absolute Gasteiger partial charge is 0.360 e. The first kappa shape index (κ1) is 13.0. The molecule has 1 fully saturated rings. The molecular formula is C11H18N4O3. The van der Waals surface area contributed by atoms with Crippen molar-refractivity contribution in [1.82, 2.24) is 15.0 Å². The molecule has 0 spiro atoms. The van der Waals surface area contributed by atoms with Crippen molar-refractivity contribution < 1.29 is 14.3 Å². The van der Waals surface area contributed by atoms with Gasteiger partial charge in [0.15, 0.2) is 5.69 Å². The molecule has 7 heteroatoms. The second-order valence-corrected chi connectivity index (χ2v) is 4.20. The van der Waals surface area contributed by atoms with Gasteiger partial charge >= 0.3 is 5.97 Å². The molecule has 1 aromatic heterocycles. The first-order chi connectivity index (χ1) is 8.77. The zero-order chi connectivity index (χ0) is 13.0. The highest BCUT2D eigenvalue weighted by atomic mass is 16.5. The van der Waals surface area contributed by atoms with Gasteiger partial charge in [0.25, 0.3) is 0 Å². The van der Waals surface area contributed by atoms with E-state index in [2.05, 4.69) is 10.3 Å². The predicted molar refractivity (Wildman–Crippen MR) is 63.2 cm³/mol. The molecule has 7 nitrogen and oxygen atoms in total. The number of nitrogens with two attached hydrogens (primary N) is 1. The Kier molecular flexibility index (Phi) is 4.27. The van der Waals surface area contributed by atoms with Gasteiger partial charge in [-0.2, -0.15) is 0 Å². The van der Waals surface area contributed by atoms with E-state index in [1.807, 2.05) is 4.68 Å². The maximum absolute atomic E-state index is 11.6. The van der Waals surface area contributed by atoms with Crippen LogP contribution in [0.1, 0.15) is 35.1 Å². The number of carbonyl (C=O) groups is 1. The quantitative estimate of drug-likeness (QED) is 0.755. The Hall–Kier alpha value is -1.47. The molecule has 0 amide bonds. The Bertz CT molecular complexity index is 412. The van der Waals surface area contributed by atoms with Crippen LogP contribution in [0.15, 0.2) is 0 Å². The van der Waals surface area contributed by atoms with Gasteiger partial charge in [-0.1, -0.05) is 5.21 Å². The summed E-state index contributed by atoms with van der Waals surface area (Å²) in [4.78, 5) is 11.6. The van der Waals surface area contributed by atoms with Gasteiger partial charge in [0.05, 0.1) is 18.8 Å². The maximum atomic E-state index is 11.6. The first-order valence-electron chi connectivity index (χ1n) is 6.08. The molecular weight excluding hydrogens is 236 g/mol. The summed E-state index contributed by atoms with van der Waals surface area (Å²) >= 11 is 0. The summed E-state index contributed by atoms with van der Waals surface area (Å²) in [6.07, 6.45) is 2.32. The van der Waals surface area contributed by atoms with Crippen LogP contribution < -0.4 is 5.73 Å². The lowest BCUT2D eigenvalue weighted by Gasteiger charge is -2.23. The van der Waals surface area contributed by atoms with Gasteiger partial charge in [0, 0.05) is 19.6 Å². The van der Waals surface area contributed by atoms with E-state index in [0.717, 1.165) is 18.5 Å². The molecule has 0 radical (unpaired) electrons. The number of esters is 1. The second kappa shape index (κ2) is 5.92. The minimum Gasteiger partial charge on any atom is -0.464 e. The van der Waals surface area contributed by atoms with Crippen molar-refractivity contribution in [3.05, 3.63) is 11.4 Å². The third-order valence-corrected chi connectivity index (χ3v) is 3.09. The molecule has 0 aliphatic carbocycles. The molecule has 1 aliphatic rings. The Morgan fingerprint density at radius 1 is 1.56 bits per heavy atom. The van der Waals surface area contributed by atoms with E-state index in [1.165, 1.54) is 7.11 Å². The van der Waals surface area contributed by atoms with Crippen molar-refractivity contribution in [2.24, 2.45) is 5.73 Å². The lowest BCUT2D eigenvalue weighted by atomic mass is 10.1. The number of ether oxygens (including phenoxy) is 2. The normalized spacial score (nSPS) is 16.8. The van der Waals surface area contributed by atoms with Crippen molar-refractivity contribution in [2.75, 3.05) is 26.9 Å². The van der Waals surface area contributed by atoms with Gasteiger partial charge < -0.3 is 15.2 Å².